The molecule has 1 amide bonds. The molecule has 1 aliphatic carbocycles. The third-order valence-corrected chi connectivity index (χ3v) is 5.66. The van der Waals surface area contributed by atoms with E-state index in [4.69, 9.17) is 0 Å². The first-order chi connectivity index (χ1) is 13.9. The predicted octanol–water partition coefficient (Wildman–Crippen LogP) is 3.68. The molecule has 6 heteroatoms. The Morgan fingerprint density at radius 1 is 1.14 bits per heavy atom. The molecule has 0 bridgehead atoms. The number of nitrogens with one attached hydrogen (secondary N) is 2. The molecule has 0 aromatic heterocycles. The lowest BCUT2D eigenvalue weighted by atomic mass is 9.98. The number of rotatable bonds is 7. The molecule has 0 spiro atoms. The maximum atomic E-state index is 14.5. The summed E-state index contributed by atoms with van der Waals surface area (Å²) in [6.07, 6.45) is 1.14. The largest absolute Gasteiger partial charge is 0.366 e. The van der Waals surface area contributed by atoms with Crippen molar-refractivity contribution in [1.29, 1.82) is 0 Å². The molecule has 154 valence electrons. The van der Waals surface area contributed by atoms with E-state index in [0.717, 1.165) is 25.1 Å². The van der Waals surface area contributed by atoms with Crippen LogP contribution in [0.2, 0.25) is 0 Å². The molecule has 2 aromatic carbocycles. The lowest BCUT2D eigenvalue weighted by Crippen LogP contribution is -2.51. The predicted molar refractivity (Wildman–Crippen MR) is 110 cm³/mol. The quantitative estimate of drug-likeness (QED) is 0.747. The van der Waals surface area contributed by atoms with Gasteiger partial charge in [-0.1, -0.05) is 30.3 Å². The number of halogens is 2. The first kappa shape index (κ1) is 19.8. The fraction of sp³-hybridized carbons (Fsp3) is 0.435. The fourth-order valence-electron chi connectivity index (χ4n) is 4.03. The van der Waals surface area contributed by atoms with Crippen LogP contribution < -0.4 is 15.5 Å². The highest BCUT2D eigenvalue weighted by molar-refractivity contribution is 5.94. The minimum absolute atomic E-state index is 0.0110. The van der Waals surface area contributed by atoms with Crippen molar-refractivity contribution in [3.63, 3.8) is 0 Å². The van der Waals surface area contributed by atoms with Crippen LogP contribution in [-0.4, -0.2) is 37.6 Å². The molecule has 2 unspecified atom stereocenters. The van der Waals surface area contributed by atoms with Gasteiger partial charge in [0.05, 0.1) is 0 Å². The Bertz CT molecular complexity index is 858. The van der Waals surface area contributed by atoms with E-state index in [-0.39, 0.29) is 17.3 Å². The molecule has 2 N–H and O–H groups in total. The molecule has 2 fully saturated rings. The van der Waals surface area contributed by atoms with Crippen LogP contribution in [0.1, 0.15) is 42.1 Å². The van der Waals surface area contributed by atoms with E-state index in [1.807, 2.05) is 6.07 Å². The number of amides is 1. The highest BCUT2D eigenvalue weighted by atomic mass is 19.1. The van der Waals surface area contributed by atoms with Gasteiger partial charge in [0, 0.05) is 49.1 Å². The van der Waals surface area contributed by atoms with Crippen molar-refractivity contribution in [2.24, 2.45) is 5.92 Å². The topological polar surface area (TPSA) is 44.4 Å². The van der Waals surface area contributed by atoms with Gasteiger partial charge in [-0.3, -0.25) is 4.79 Å². The van der Waals surface area contributed by atoms with Gasteiger partial charge in [-0.25, -0.2) is 8.78 Å². The summed E-state index contributed by atoms with van der Waals surface area (Å²) in [6.45, 7) is 5.68. The fourth-order valence-corrected chi connectivity index (χ4v) is 4.03. The van der Waals surface area contributed by atoms with Gasteiger partial charge in [-0.2, -0.15) is 0 Å². The average Bonchev–Trinajstić information content (AvgIpc) is 3.42. The second-order valence-electron chi connectivity index (χ2n) is 8.46. The summed E-state index contributed by atoms with van der Waals surface area (Å²) >= 11 is 0. The standard InChI is InChI=1S/C23H27F2N3O/c1-14(2)27-23(29)17-8-19(24)22(20(25)9-17)28-12-15(13-28)11-26-21-10-18(21)16-6-4-3-5-7-16/h3-9,14-15,18,21,26H,10-13H2,1-2H3,(H,27,29). The molecule has 4 nitrogen and oxygen atoms in total. The molecule has 2 atom stereocenters. The number of hydrogen-bond acceptors (Lipinski definition) is 3. The van der Waals surface area contributed by atoms with Crippen molar-refractivity contribution in [3.05, 3.63) is 65.2 Å². The van der Waals surface area contributed by atoms with Gasteiger partial charge in [-0.05, 0) is 38.0 Å². The smallest absolute Gasteiger partial charge is 0.251 e. The molecule has 4 rings (SSSR count). The van der Waals surface area contributed by atoms with Gasteiger partial charge >= 0.3 is 0 Å². The molecule has 1 heterocycles. The number of carbonyl (C=O) groups is 1. The Hall–Kier alpha value is -2.47. The van der Waals surface area contributed by atoms with Crippen molar-refractivity contribution in [3.8, 4) is 0 Å². The minimum Gasteiger partial charge on any atom is -0.366 e. The van der Waals surface area contributed by atoms with E-state index in [2.05, 4.69) is 34.9 Å². The van der Waals surface area contributed by atoms with Crippen LogP contribution in [0.4, 0.5) is 14.5 Å². The number of anilines is 1. The molecule has 1 aliphatic heterocycles. The monoisotopic (exact) mass is 399 g/mol. The molecule has 1 saturated heterocycles. The van der Waals surface area contributed by atoms with Crippen molar-refractivity contribution in [2.45, 2.75) is 38.3 Å². The lowest BCUT2D eigenvalue weighted by molar-refractivity contribution is 0.0942. The van der Waals surface area contributed by atoms with Gasteiger partial charge in [0.2, 0.25) is 0 Å². The Morgan fingerprint density at radius 2 is 1.79 bits per heavy atom. The summed E-state index contributed by atoms with van der Waals surface area (Å²) in [7, 11) is 0. The number of benzene rings is 2. The van der Waals surface area contributed by atoms with Crippen LogP contribution in [0.25, 0.3) is 0 Å². The maximum absolute atomic E-state index is 14.5. The van der Waals surface area contributed by atoms with E-state index < -0.39 is 17.5 Å². The third-order valence-electron chi connectivity index (χ3n) is 5.66. The van der Waals surface area contributed by atoms with Gasteiger partial charge in [-0.15, -0.1) is 0 Å². The van der Waals surface area contributed by atoms with Crippen molar-refractivity contribution in [1.82, 2.24) is 10.6 Å². The van der Waals surface area contributed by atoms with Gasteiger partial charge in [0.15, 0.2) is 0 Å². The first-order valence-corrected chi connectivity index (χ1v) is 10.3. The highest BCUT2D eigenvalue weighted by Gasteiger charge is 2.39. The molecule has 2 aliphatic rings. The summed E-state index contributed by atoms with van der Waals surface area (Å²) in [5, 5.41) is 6.24. The number of hydrogen-bond donors (Lipinski definition) is 2. The van der Waals surface area contributed by atoms with E-state index in [1.165, 1.54) is 5.56 Å². The van der Waals surface area contributed by atoms with Crippen molar-refractivity contribution in [2.75, 3.05) is 24.5 Å². The highest BCUT2D eigenvalue weighted by Crippen LogP contribution is 2.41. The van der Waals surface area contributed by atoms with Crippen LogP contribution >= 0.6 is 0 Å². The molecular formula is C23H27F2N3O. The van der Waals surface area contributed by atoms with Gasteiger partial charge < -0.3 is 15.5 Å². The van der Waals surface area contributed by atoms with Gasteiger partial charge in [0.25, 0.3) is 5.91 Å². The molecule has 0 radical (unpaired) electrons. The zero-order chi connectivity index (χ0) is 20.5. The maximum Gasteiger partial charge on any atom is 0.251 e. The van der Waals surface area contributed by atoms with Crippen LogP contribution in [0.3, 0.4) is 0 Å². The number of nitrogens with zero attached hydrogens (tertiary/aromatic N) is 1. The molecular weight excluding hydrogens is 372 g/mol. The van der Waals surface area contributed by atoms with Crippen LogP contribution in [0.5, 0.6) is 0 Å². The third kappa shape index (κ3) is 4.42. The van der Waals surface area contributed by atoms with Crippen LogP contribution in [0.15, 0.2) is 42.5 Å². The summed E-state index contributed by atoms with van der Waals surface area (Å²) in [5.41, 5.74) is 1.35. The summed E-state index contributed by atoms with van der Waals surface area (Å²) in [5.74, 6) is -0.887. The Balaban J connectivity index is 1.28. The Morgan fingerprint density at radius 3 is 2.41 bits per heavy atom. The molecule has 1 saturated carbocycles. The minimum atomic E-state index is -0.684. The van der Waals surface area contributed by atoms with Gasteiger partial charge in [0.1, 0.15) is 17.3 Å². The zero-order valence-electron chi connectivity index (χ0n) is 16.8. The normalized spacial score (nSPS) is 21.2. The summed E-state index contributed by atoms with van der Waals surface area (Å²) in [4.78, 5) is 13.7. The van der Waals surface area contributed by atoms with Crippen molar-refractivity contribution >= 4 is 11.6 Å². The number of carbonyl (C=O) groups excluding carboxylic acids is 1. The Kier molecular flexibility index (Phi) is 5.54. The zero-order valence-corrected chi connectivity index (χ0v) is 16.8. The average molecular weight is 399 g/mol. The second kappa shape index (κ2) is 8.11. The summed E-state index contributed by atoms with van der Waals surface area (Å²) < 4.78 is 29.0. The summed E-state index contributed by atoms with van der Waals surface area (Å²) in [6, 6.07) is 13.1. The van der Waals surface area contributed by atoms with E-state index in [9.17, 15) is 13.6 Å². The second-order valence-corrected chi connectivity index (χ2v) is 8.46. The van der Waals surface area contributed by atoms with E-state index in [1.54, 1.807) is 18.7 Å². The SMILES string of the molecule is CC(C)NC(=O)c1cc(F)c(N2CC(CNC3CC3c3ccccc3)C2)c(F)c1. The van der Waals surface area contributed by atoms with E-state index >= 15 is 0 Å². The van der Waals surface area contributed by atoms with E-state index in [0.29, 0.717) is 31.0 Å². The van der Waals surface area contributed by atoms with Crippen molar-refractivity contribution < 1.29 is 13.6 Å². The first-order valence-electron chi connectivity index (χ1n) is 10.3. The van der Waals surface area contributed by atoms with Crippen LogP contribution in [-0.2, 0) is 0 Å². The lowest BCUT2D eigenvalue weighted by Gasteiger charge is -2.41. The van der Waals surface area contributed by atoms with Crippen LogP contribution in [0, 0.1) is 17.6 Å². The molecule has 2 aromatic rings. The Labute approximate surface area is 170 Å². The molecule has 29 heavy (non-hydrogen) atoms.